The van der Waals surface area contributed by atoms with Crippen molar-refractivity contribution >= 4 is 11.6 Å². The van der Waals surface area contributed by atoms with E-state index in [1.807, 2.05) is 6.07 Å². The van der Waals surface area contributed by atoms with Gasteiger partial charge in [0.2, 0.25) is 5.88 Å². The average molecular weight is 412 g/mol. The molecule has 0 aromatic carbocycles. The number of pyridine rings is 1. The highest BCUT2D eigenvalue weighted by atomic mass is 16.5. The van der Waals surface area contributed by atoms with E-state index in [-0.39, 0.29) is 24.4 Å². The fourth-order valence-corrected chi connectivity index (χ4v) is 4.13. The lowest BCUT2D eigenvalue weighted by atomic mass is 9.96. The van der Waals surface area contributed by atoms with E-state index in [4.69, 9.17) is 19.2 Å². The average Bonchev–Trinajstić information content (AvgIpc) is 2.98. The third-order valence-corrected chi connectivity index (χ3v) is 5.47. The molecule has 160 valence electrons. The number of hydrogen-bond donors (Lipinski definition) is 0. The zero-order valence-electron chi connectivity index (χ0n) is 17.8. The van der Waals surface area contributed by atoms with Crippen LogP contribution in [0.3, 0.4) is 0 Å². The lowest BCUT2D eigenvalue weighted by Gasteiger charge is -2.36. The Morgan fingerprint density at radius 1 is 1.17 bits per heavy atom. The molecule has 0 bridgehead atoms. The van der Waals surface area contributed by atoms with E-state index in [0.717, 1.165) is 30.2 Å². The van der Waals surface area contributed by atoms with E-state index in [9.17, 15) is 4.79 Å². The van der Waals surface area contributed by atoms with Crippen LogP contribution in [-0.2, 0) is 28.7 Å². The smallest absolute Gasteiger partial charge is 0.233 e. The number of fused-ring (bicyclic) bond motifs is 1. The van der Waals surface area contributed by atoms with Gasteiger partial charge in [-0.15, -0.1) is 5.10 Å². The Kier molecular flexibility index (Phi) is 6.24. The van der Waals surface area contributed by atoms with Crippen molar-refractivity contribution in [3.8, 4) is 5.88 Å². The molecule has 0 saturated carbocycles. The summed E-state index contributed by atoms with van der Waals surface area (Å²) >= 11 is 0. The summed E-state index contributed by atoms with van der Waals surface area (Å²) in [5, 5.41) is 8.09. The number of carbonyl (C=O) groups excluding carboxylic acids is 1. The molecule has 30 heavy (non-hydrogen) atoms. The minimum atomic E-state index is 0.0191. The Bertz CT molecular complexity index is 893. The van der Waals surface area contributed by atoms with Crippen LogP contribution in [0.1, 0.15) is 41.2 Å². The second-order valence-electron chi connectivity index (χ2n) is 7.89. The van der Waals surface area contributed by atoms with Crippen LogP contribution in [-0.4, -0.2) is 66.6 Å². The summed E-state index contributed by atoms with van der Waals surface area (Å²) in [6.07, 6.45) is 1.82. The van der Waals surface area contributed by atoms with E-state index in [1.165, 1.54) is 7.11 Å². The number of ether oxygens (including phenoxy) is 3. The number of aromatic nitrogens is 3. The van der Waals surface area contributed by atoms with Crippen molar-refractivity contribution in [2.75, 3.05) is 38.3 Å². The van der Waals surface area contributed by atoms with Crippen molar-refractivity contribution in [3.05, 3.63) is 40.7 Å². The van der Waals surface area contributed by atoms with Crippen LogP contribution in [0.15, 0.2) is 18.2 Å². The maximum atomic E-state index is 13.3. The van der Waals surface area contributed by atoms with E-state index in [0.29, 0.717) is 43.2 Å². The van der Waals surface area contributed by atoms with Crippen LogP contribution in [0.2, 0.25) is 0 Å². The van der Waals surface area contributed by atoms with Crippen molar-refractivity contribution in [1.82, 2.24) is 15.2 Å². The summed E-state index contributed by atoms with van der Waals surface area (Å²) in [6, 6.07) is 5.44. The first kappa shape index (κ1) is 20.7. The minimum absolute atomic E-state index is 0.0191. The molecular formula is C22H28N4O4. The first-order valence-corrected chi connectivity index (χ1v) is 10.4. The molecule has 2 aliphatic heterocycles. The third kappa shape index (κ3) is 4.60. The lowest BCUT2D eigenvalue weighted by molar-refractivity contribution is -0.00547. The molecule has 4 rings (SSSR count). The maximum absolute atomic E-state index is 13.3. The van der Waals surface area contributed by atoms with Gasteiger partial charge < -0.3 is 19.1 Å². The van der Waals surface area contributed by atoms with Gasteiger partial charge in [0.1, 0.15) is 5.82 Å². The van der Waals surface area contributed by atoms with Crippen molar-refractivity contribution in [2.24, 2.45) is 0 Å². The first-order valence-electron chi connectivity index (χ1n) is 10.4. The zero-order valence-corrected chi connectivity index (χ0v) is 17.8. The van der Waals surface area contributed by atoms with Crippen molar-refractivity contribution in [2.45, 2.75) is 45.3 Å². The van der Waals surface area contributed by atoms with Gasteiger partial charge in [0.05, 0.1) is 44.6 Å². The molecule has 0 spiro atoms. The molecule has 2 aromatic rings. The number of morpholine rings is 1. The molecule has 2 aromatic heterocycles. The quantitative estimate of drug-likeness (QED) is 0.690. The van der Waals surface area contributed by atoms with Crippen molar-refractivity contribution in [1.29, 1.82) is 0 Å². The monoisotopic (exact) mass is 412 g/mol. The Balaban J connectivity index is 1.66. The summed E-state index contributed by atoms with van der Waals surface area (Å²) in [5.41, 5.74) is 3.29. The van der Waals surface area contributed by atoms with Gasteiger partial charge in [0.15, 0.2) is 5.78 Å². The second-order valence-corrected chi connectivity index (χ2v) is 7.89. The molecule has 8 heteroatoms. The van der Waals surface area contributed by atoms with E-state index >= 15 is 0 Å². The van der Waals surface area contributed by atoms with E-state index in [1.54, 1.807) is 12.1 Å². The number of Topliss-reactive ketones (excluding diaryl/α,β-unsaturated/α-hetero) is 1. The highest BCUT2D eigenvalue weighted by Gasteiger charge is 2.27. The van der Waals surface area contributed by atoms with Crippen LogP contribution < -0.4 is 9.64 Å². The lowest BCUT2D eigenvalue weighted by Crippen LogP contribution is -2.46. The maximum Gasteiger partial charge on any atom is 0.233 e. The fourth-order valence-electron chi connectivity index (χ4n) is 4.13. The molecule has 0 aliphatic carbocycles. The van der Waals surface area contributed by atoms with Crippen LogP contribution in [0.25, 0.3) is 0 Å². The number of rotatable bonds is 5. The number of carbonyl (C=O) groups is 1. The Labute approximate surface area is 176 Å². The van der Waals surface area contributed by atoms with Crippen molar-refractivity contribution < 1.29 is 19.0 Å². The SMILES string of the molecule is COc1ccc(CC(=O)c2cc(N3C[C@@H](C)O[C@@H](C)C3)nc3c2CCOCC3)nn1. The molecule has 0 radical (unpaired) electrons. The third-order valence-electron chi connectivity index (χ3n) is 5.47. The Hall–Kier alpha value is -2.58. The van der Waals surface area contributed by atoms with Crippen molar-refractivity contribution in [3.63, 3.8) is 0 Å². The zero-order chi connectivity index (χ0) is 21.1. The number of anilines is 1. The number of methoxy groups -OCH3 is 1. The summed E-state index contributed by atoms with van der Waals surface area (Å²) in [5.74, 6) is 1.28. The molecule has 0 unspecified atom stereocenters. The number of ketones is 1. The highest BCUT2D eigenvalue weighted by molar-refractivity contribution is 5.99. The summed E-state index contributed by atoms with van der Waals surface area (Å²) in [4.78, 5) is 20.5. The van der Waals surface area contributed by atoms with Gasteiger partial charge in [-0.1, -0.05) is 0 Å². The van der Waals surface area contributed by atoms with Gasteiger partial charge >= 0.3 is 0 Å². The molecule has 1 saturated heterocycles. The normalized spacial score (nSPS) is 21.6. The first-order chi connectivity index (χ1) is 14.5. The van der Waals surface area contributed by atoms with Gasteiger partial charge in [-0.25, -0.2) is 4.98 Å². The van der Waals surface area contributed by atoms with Gasteiger partial charge in [-0.05, 0) is 38.0 Å². The summed E-state index contributed by atoms with van der Waals surface area (Å²) < 4.78 is 16.6. The van der Waals surface area contributed by atoms with Gasteiger partial charge in [0, 0.05) is 36.8 Å². The molecule has 0 N–H and O–H groups in total. The number of hydrogen-bond acceptors (Lipinski definition) is 8. The number of nitrogens with zero attached hydrogens (tertiary/aromatic N) is 4. The van der Waals surface area contributed by atoms with Crippen LogP contribution in [0, 0.1) is 0 Å². The highest BCUT2D eigenvalue weighted by Crippen LogP contribution is 2.27. The van der Waals surface area contributed by atoms with Gasteiger partial charge in [-0.3, -0.25) is 4.79 Å². The Morgan fingerprint density at radius 2 is 1.93 bits per heavy atom. The molecule has 0 amide bonds. The standard InChI is InChI=1S/C22H28N4O4/c1-14-12-26(13-15(2)30-14)21-11-18(17-6-8-29-9-7-19(17)23-21)20(27)10-16-4-5-22(28-3)25-24-16/h4-5,11,14-15H,6-10,12-13H2,1-3H3/t14-,15+. The molecule has 8 nitrogen and oxygen atoms in total. The molecule has 2 aliphatic rings. The summed E-state index contributed by atoms with van der Waals surface area (Å²) in [7, 11) is 1.54. The minimum Gasteiger partial charge on any atom is -0.480 e. The topological polar surface area (TPSA) is 86.7 Å². The predicted octanol–water partition coefficient (Wildman–Crippen LogP) is 2.03. The summed E-state index contributed by atoms with van der Waals surface area (Å²) in [6.45, 7) is 6.86. The van der Waals surface area contributed by atoms with E-state index in [2.05, 4.69) is 28.9 Å². The van der Waals surface area contributed by atoms with Crippen LogP contribution in [0.5, 0.6) is 5.88 Å². The molecule has 1 fully saturated rings. The second kappa shape index (κ2) is 9.06. The van der Waals surface area contributed by atoms with Gasteiger partial charge in [0.25, 0.3) is 0 Å². The predicted molar refractivity (Wildman–Crippen MR) is 111 cm³/mol. The largest absolute Gasteiger partial charge is 0.480 e. The van der Waals surface area contributed by atoms with Crippen LogP contribution in [0.4, 0.5) is 5.82 Å². The van der Waals surface area contributed by atoms with Gasteiger partial charge in [-0.2, -0.15) is 5.10 Å². The Morgan fingerprint density at radius 3 is 2.63 bits per heavy atom. The molecule has 4 heterocycles. The van der Waals surface area contributed by atoms with Crippen LogP contribution >= 0.6 is 0 Å². The molecular weight excluding hydrogens is 384 g/mol. The van der Waals surface area contributed by atoms with E-state index < -0.39 is 0 Å². The molecule has 2 atom stereocenters. The fraction of sp³-hybridized carbons (Fsp3) is 0.545.